The Kier molecular flexibility index (Phi) is 8.33. The summed E-state index contributed by atoms with van der Waals surface area (Å²) < 4.78 is 5.20. The Morgan fingerprint density at radius 3 is 2.61 bits per heavy atom. The second-order valence-electron chi connectivity index (χ2n) is 7.05. The maximum Gasteiger partial charge on any atom is 0.193 e. The molecule has 0 aromatic heterocycles. The van der Waals surface area contributed by atoms with Crippen molar-refractivity contribution in [2.45, 2.75) is 46.1 Å². The van der Waals surface area contributed by atoms with Crippen LogP contribution in [-0.4, -0.2) is 19.6 Å². The Bertz CT molecular complexity index is 507. The molecule has 130 valence electrons. The maximum absolute atomic E-state index is 6.04. The van der Waals surface area contributed by atoms with E-state index >= 15 is 0 Å². The number of guanidine groups is 1. The summed E-state index contributed by atoms with van der Waals surface area (Å²) in [6.07, 6.45) is 5.09. The van der Waals surface area contributed by atoms with Crippen LogP contribution in [0.2, 0.25) is 0 Å². The Morgan fingerprint density at radius 1 is 1.30 bits per heavy atom. The summed E-state index contributed by atoms with van der Waals surface area (Å²) in [5.74, 6) is 1.16. The molecule has 0 aliphatic heterocycles. The molecule has 1 fully saturated rings. The third-order valence-electron chi connectivity index (χ3n) is 4.56. The highest BCUT2D eigenvalue weighted by Gasteiger charge is 2.26. The molecule has 4 nitrogen and oxygen atoms in total. The van der Waals surface area contributed by atoms with Gasteiger partial charge in [0, 0.05) is 24.9 Å². The van der Waals surface area contributed by atoms with Gasteiger partial charge in [0.15, 0.2) is 5.96 Å². The number of aliphatic imine (C=N–C) groups is 1. The van der Waals surface area contributed by atoms with Crippen molar-refractivity contribution < 1.29 is 4.74 Å². The summed E-state index contributed by atoms with van der Waals surface area (Å²) in [5.41, 5.74) is 8.60. The largest absolute Gasteiger partial charge is 0.380 e. The molecular weight excluding hydrogens is 401 g/mol. The molecule has 3 N–H and O–H groups in total. The van der Waals surface area contributed by atoms with Gasteiger partial charge >= 0.3 is 0 Å². The van der Waals surface area contributed by atoms with Gasteiger partial charge in [0.2, 0.25) is 0 Å². The highest BCUT2D eigenvalue weighted by Crippen LogP contribution is 2.37. The minimum absolute atomic E-state index is 0. The number of nitrogens with two attached hydrogens (primary N) is 1. The number of methoxy groups -OCH3 is 1. The number of halogens is 1. The number of anilines is 1. The lowest BCUT2D eigenvalue weighted by atomic mass is 9.73. The van der Waals surface area contributed by atoms with E-state index < -0.39 is 0 Å². The highest BCUT2D eigenvalue weighted by atomic mass is 127. The SMILES string of the molecule is COCc1ccccc1NC(N)=NCC1CCC(C)(C)CC1.I. The number of hydrogen-bond acceptors (Lipinski definition) is 2. The number of para-hydroxylation sites is 1. The van der Waals surface area contributed by atoms with E-state index in [1.54, 1.807) is 7.11 Å². The van der Waals surface area contributed by atoms with Crippen LogP contribution in [0.1, 0.15) is 45.1 Å². The van der Waals surface area contributed by atoms with Crippen molar-refractivity contribution in [1.29, 1.82) is 0 Å². The van der Waals surface area contributed by atoms with Crippen molar-refractivity contribution in [2.75, 3.05) is 19.0 Å². The quantitative estimate of drug-likeness (QED) is 0.413. The van der Waals surface area contributed by atoms with Crippen LogP contribution < -0.4 is 11.1 Å². The van der Waals surface area contributed by atoms with Gasteiger partial charge in [-0.1, -0.05) is 32.0 Å². The number of nitrogens with zero attached hydrogens (tertiary/aromatic N) is 1. The molecule has 1 aliphatic rings. The van der Waals surface area contributed by atoms with E-state index in [0.29, 0.717) is 23.9 Å². The smallest absolute Gasteiger partial charge is 0.193 e. The molecule has 23 heavy (non-hydrogen) atoms. The summed E-state index contributed by atoms with van der Waals surface area (Å²) >= 11 is 0. The van der Waals surface area contributed by atoms with Crippen molar-refractivity contribution >= 4 is 35.6 Å². The zero-order valence-electron chi connectivity index (χ0n) is 14.5. The lowest BCUT2D eigenvalue weighted by Gasteiger charge is -2.33. The van der Waals surface area contributed by atoms with Crippen molar-refractivity contribution in [3.63, 3.8) is 0 Å². The van der Waals surface area contributed by atoms with Gasteiger partial charge in [0.05, 0.1) is 6.61 Å². The molecule has 0 radical (unpaired) electrons. The molecule has 5 heteroatoms. The van der Waals surface area contributed by atoms with Gasteiger partial charge in [-0.15, -0.1) is 24.0 Å². The molecular formula is C18H30IN3O. The fourth-order valence-electron chi connectivity index (χ4n) is 2.97. The van der Waals surface area contributed by atoms with Gasteiger partial charge in [0.1, 0.15) is 0 Å². The number of nitrogens with one attached hydrogen (secondary N) is 1. The molecule has 0 saturated heterocycles. The van der Waals surface area contributed by atoms with Crippen LogP contribution >= 0.6 is 24.0 Å². The molecule has 1 aromatic rings. The standard InChI is InChI=1S/C18H29N3O.HI/c1-18(2)10-8-14(9-11-18)12-20-17(19)21-16-7-5-4-6-15(16)13-22-3;/h4-7,14H,8-13H2,1-3H3,(H3,19,20,21);1H. The number of benzene rings is 1. The van der Waals surface area contributed by atoms with Crippen molar-refractivity contribution in [1.82, 2.24) is 0 Å². The van der Waals surface area contributed by atoms with Crippen LogP contribution in [-0.2, 0) is 11.3 Å². The normalized spacial score (nSPS) is 18.3. The summed E-state index contributed by atoms with van der Waals surface area (Å²) in [6, 6.07) is 8.01. The number of hydrogen-bond donors (Lipinski definition) is 2. The highest BCUT2D eigenvalue weighted by molar-refractivity contribution is 14.0. The molecule has 0 bridgehead atoms. The average molecular weight is 431 g/mol. The summed E-state index contributed by atoms with van der Waals surface area (Å²) in [6.45, 7) is 6.10. The third-order valence-corrected chi connectivity index (χ3v) is 4.56. The van der Waals surface area contributed by atoms with Crippen LogP contribution in [0.5, 0.6) is 0 Å². The van der Waals surface area contributed by atoms with Crippen molar-refractivity contribution in [2.24, 2.45) is 22.1 Å². The van der Waals surface area contributed by atoms with Crippen LogP contribution in [0, 0.1) is 11.3 Å². The molecule has 0 heterocycles. The average Bonchev–Trinajstić information content (AvgIpc) is 2.48. The zero-order chi connectivity index (χ0) is 16.0. The van der Waals surface area contributed by atoms with Gasteiger partial charge < -0.3 is 15.8 Å². The molecule has 2 rings (SSSR count). The van der Waals surface area contributed by atoms with Crippen LogP contribution in [0.15, 0.2) is 29.3 Å². The number of ether oxygens (including phenoxy) is 1. The van der Waals surface area contributed by atoms with E-state index in [4.69, 9.17) is 10.5 Å². The van der Waals surface area contributed by atoms with Crippen LogP contribution in [0.3, 0.4) is 0 Å². The van der Waals surface area contributed by atoms with Gasteiger partial charge in [-0.3, -0.25) is 4.99 Å². The fraction of sp³-hybridized carbons (Fsp3) is 0.611. The molecule has 0 amide bonds. The Labute approximate surface area is 157 Å². The van der Waals surface area contributed by atoms with Crippen LogP contribution in [0.4, 0.5) is 5.69 Å². The summed E-state index contributed by atoms with van der Waals surface area (Å²) in [7, 11) is 1.69. The van der Waals surface area contributed by atoms with Gasteiger partial charge in [-0.2, -0.15) is 0 Å². The minimum Gasteiger partial charge on any atom is -0.380 e. The molecule has 1 saturated carbocycles. The first-order chi connectivity index (χ1) is 10.5. The van der Waals surface area contributed by atoms with E-state index in [0.717, 1.165) is 17.8 Å². The van der Waals surface area contributed by atoms with E-state index in [9.17, 15) is 0 Å². The second-order valence-corrected chi connectivity index (χ2v) is 7.05. The molecule has 0 atom stereocenters. The van der Waals surface area contributed by atoms with Crippen molar-refractivity contribution in [3.05, 3.63) is 29.8 Å². The molecule has 1 aromatic carbocycles. The number of rotatable bonds is 5. The Hall–Kier alpha value is -0.820. The minimum atomic E-state index is 0. The van der Waals surface area contributed by atoms with E-state index in [2.05, 4.69) is 24.2 Å². The summed E-state index contributed by atoms with van der Waals surface area (Å²) in [5, 5.41) is 3.20. The first kappa shape index (κ1) is 20.2. The summed E-state index contributed by atoms with van der Waals surface area (Å²) in [4.78, 5) is 4.53. The molecule has 0 unspecified atom stereocenters. The third kappa shape index (κ3) is 6.67. The lowest BCUT2D eigenvalue weighted by Crippen LogP contribution is -2.26. The van der Waals surface area contributed by atoms with Crippen molar-refractivity contribution in [3.8, 4) is 0 Å². The maximum atomic E-state index is 6.04. The predicted molar refractivity (Wildman–Crippen MR) is 108 cm³/mol. The lowest BCUT2D eigenvalue weighted by molar-refractivity contribution is 0.185. The Morgan fingerprint density at radius 2 is 1.96 bits per heavy atom. The fourth-order valence-corrected chi connectivity index (χ4v) is 2.97. The van der Waals surface area contributed by atoms with Gasteiger partial charge in [0.25, 0.3) is 0 Å². The Balaban J connectivity index is 0.00000264. The zero-order valence-corrected chi connectivity index (χ0v) is 16.8. The second kappa shape index (κ2) is 9.47. The topological polar surface area (TPSA) is 59.6 Å². The first-order valence-corrected chi connectivity index (χ1v) is 8.14. The van der Waals surface area contributed by atoms with E-state index in [1.165, 1.54) is 25.7 Å². The first-order valence-electron chi connectivity index (χ1n) is 8.14. The van der Waals surface area contributed by atoms with E-state index in [1.807, 2.05) is 24.3 Å². The molecule has 1 aliphatic carbocycles. The van der Waals surface area contributed by atoms with Crippen LogP contribution in [0.25, 0.3) is 0 Å². The molecule has 0 spiro atoms. The van der Waals surface area contributed by atoms with Gasteiger partial charge in [-0.25, -0.2) is 0 Å². The van der Waals surface area contributed by atoms with E-state index in [-0.39, 0.29) is 24.0 Å². The monoisotopic (exact) mass is 431 g/mol. The predicted octanol–water partition coefficient (Wildman–Crippen LogP) is 4.39. The van der Waals surface area contributed by atoms with Gasteiger partial charge in [-0.05, 0) is 43.1 Å².